The van der Waals surface area contributed by atoms with Crippen molar-refractivity contribution in [3.8, 4) is 6.07 Å². The minimum Gasteiger partial charge on any atom is -0.396 e. The third kappa shape index (κ3) is 2.71. The fourth-order valence-electron chi connectivity index (χ4n) is 2.34. The van der Waals surface area contributed by atoms with E-state index in [-0.39, 0.29) is 6.61 Å². The second-order valence-electron chi connectivity index (χ2n) is 4.39. The summed E-state index contributed by atoms with van der Waals surface area (Å²) < 4.78 is 0. The molecule has 1 fully saturated rings. The lowest BCUT2D eigenvalue weighted by molar-refractivity contribution is 0.263. The Hall–Kier alpha value is -1.24. The Morgan fingerprint density at radius 1 is 1.53 bits per heavy atom. The number of hydrogen-bond donors (Lipinski definition) is 1. The second-order valence-corrected chi connectivity index (χ2v) is 4.82. The molecule has 1 unspecified atom stereocenters. The lowest BCUT2D eigenvalue weighted by atomic mass is 10.1. The van der Waals surface area contributed by atoms with E-state index in [1.54, 1.807) is 6.07 Å². The topological polar surface area (TPSA) is 47.3 Å². The number of halogens is 1. The summed E-state index contributed by atoms with van der Waals surface area (Å²) in [5.41, 5.74) is 1.58. The van der Waals surface area contributed by atoms with E-state index in [0.29, 0.717) is 16.5 Å². The van der Waals surface area contributed by atoms with E-state index in [2.05, 4.69) is 11.0 Å². The average Bonchev–Trinajstić information content (AvgIpc) is 2.78. The average molecular weight is 251 g/mol. The van der Waals surface area contributed by atoms with E-state index in [9.17, 15) is 0 Å². The van der Waals surface area contributed by atoms with Gasteiger partial charge in [-0.3, -0.25) is 0 Å². The molecule has 0 spiro atoms. The van der Waals surface area contributed by atoms with Crippen LogP contribution in [0, 0.1) is 17.2 Å². The van der Waals surface area contributed by atoms with Gasteiger partial charge in [0.15, 0.2) is 0 Å². The molecule has 0 radical (unpaired) electrons. The summed E-state index contributed by atoms with van der Waals surface area (Å²) in [6, 6.07) is 7.61. The number of rotatable bonds is 3. The van der Waals surface area contributed by atoms with Crippen LogP contribution in [0.2, 0.25) is 5.02 Å². The van der Waals surface area contributed by atoms with Gasteiger partial charge in [-0.1, -0.05) is 11.6 Å². The molecule has 1 aliphatic rings. The second kappa shape index (κ2) is 5.39. The fraction of sp³-hybridized carbons (Fsp3) is 0.462. The predicted octanol–water partition coefficient (Wildman–Crippen LogP) is 2.42. The maximum Gasteiger partial charge on any atom is 0.101 e. The van der Waals surface area contributed by atoms with E-state index in [1.807, 2.05) is 12.1 Å². The summed E-state index contributed by atoms with van der Waals surface area (Å²) in [6.07, 6.45) is 1.92. The standard InChI is InChI=1S/C13H15ClN2O/c14-12-1-2-13(11(7-12)8-15)16-5-3-10(9-16)4-6-17/h1-2,7,10,17H,3-6,9H2. The van der Waals surface area contributed by atoms with Crippen molar-refractivity contribution in [3.63, 3.8) is 0 Å². The number of aliphatic hydroxyl groups is 1. The molecule has 0 saturated carbocycles. The summed E-state index contributed by atoms with van der Waals surface area (Å²) in [5, 5.41) is 18.6. The van der Waals surface area contributed by atoms with Gasteiger partial charge < -0.3 is 10.0 Å². The van der Waals surface area contributed by atoms with Crippen molar-refractivity contribution in [3.05, 3.63) is 28.8 Å². The van der Waals surface area contributed by atoms with Crippen LogP contribution in [0.15, 0.2) is 18.2 Å². The molecule has 0 amide bonds. The van der Waals surface area contributed by atoms with Crippen molar-refractivity contribution in [2.45, 2.75) is 12.8 Å². The highest BCUT2D eigenvalue weighted by molar-refractivity contribution is 6.30. The minimum absolute atomic E-state index is 0.240. The first-order chi connectivity index (χ1) is 8.24. The van der Waals surface area contributed by atoms with Gasteiger partial charge in [0.1, 0.15) is 6.07 Å². The SMILES string of the molecule is N#Cc1cc(Cl)ccc1N1CCC(CCO)C1. The van der Waals surface area contributed by atoms with Gasteiger partial charge in [-0.25, -0.2) is 0 Å². The van der Waals surface area contributed by atoms with E-state index < -0.39 is 0 Å². The summed E-state index contributed by atoms with van der Waals surface area (Å²) in [5.74, 6) is 0.530. The van der Waals surface area contributed by atoms with Gasteiger partial charge in [-0.2, -0.15) is 5.26 Å². The molecule has 1 aromatic carbocycles. The molecule has 3 nitrogen and oxygen atoms in total. The van der Waals surface area contributed by atoms with Crippen molar-refractivity contribution in [2.75, 3.05) is 24.6 Å². The lowest BCUT2D eigenvalue weighted by Crippen LogP contribution is -2.20. The van der Waals surface area contributed by atoms with Crippen LogP contribution in [0.25, 0.3) is 0 Å². The molecule has 2 rings (SSSR count). The summed E-state index contributed by atoms with van der Waals surface area (Å²) in [7, 11) is 0. The van der Waals surface area contributed by atoms with Crippen molar-refractivity contribution in [1.29, 1.82) is 5.26 Å². The molecule has 1 saturated heterocycles. The van der Waals surface area contributed by atoms with E-state index in [4.69, 9.17) is 22.0 Å². The maximum absolute atomic E-state index is 9.10. The zero-order valence-corrected chi connectivity index (χ0v) is 10.3. The smallest absolute Gasteiger partial charge is 0.101 e. The highest BCUT2D eigenvalue weighted by atomic mass is 35.5. The van der Waals surface area contributed by atoms with Crippen LogP contribution in [0.1, 0.15) is 18.4 Å². The molecule has 1 aromatic rings. The van der Waals surface area contributed by atoms with Crippen LogP contribution in [-0.4, -0.2) is 24.8 Å². The van der Waals surface area contributed by atoms with E-state index >= 15 is 0 Å². The molecule has 0 aromatic heterocycles. The van der Waals surface area contributed by atoms with Gasteiger partial charge in [0, 0.05) is 24.7 Å². The Morgan fingerprint density at radius 3 is 3.06 bits per heavy atom. The third-order valence-electron chi connectivity index (χ3n) is 3.24. The molecule has 1 heterocycles. The molecule has 1 N–H and O–H groups in total. The van der Waals surface area contributed by atoms with Crippen LogP contribution in [-0.2, 0) is 0 Å². The van der Waals surface area contributed by atoms with Gasteiger partial charge >= 0.3 is 0 Å². The third-order valence-corrected chi connectivity index (χ3v) is 3.48. The number of anilines is 1. The van der Waals surface area contributed by atoms with Crippen LogP contribution in [0.4, 0.5) is 5.69 Å². The molecular weight excluding hydrogens is 236 g/mol. The molecule has 0 bridgehead atoms. The molecule has 0 aliphatic carbocycles. The first-order valence-electron chi connectivity index (χ1n) is 5.80. The van der Waals surface area contributed by atoms with E-state index in [1.165, 1.54) is 0 Å². The van der Waals surface area contributed by atoms with E-state index in [0.717, 1.165) is 31.6 Å². The Balaban J connectivity index is 2.16. The number of benzene rings is 1. The van der Waals surface area contributed by atoms with Gasteiger partial charge in [0.05, 0.1) is 11.3 Å². The van der Waals surface area contributed by atoms with Gasteiger partial charge in [0.25, 0.3) is 0 Å². The van der Waals surface area contributed by atoms with Crippen molar-refractivity contribution in [1.82, 2.24) is 0 Å². The Labute approximate surface area is 106 Å². The lowest BCUT2D eigenvalue weighted by Gasteiger charge is -2.20. The highest BCUT2D eigenvalue weighted by Crippen LogP contribution is 2.29. The number of nitriles is 1. The van der Waals surface area contributed by atoms with Crippen molar-refractivity contribution >= 4 is 17.3 Å². The van der Waals surface area contributed by atoms with Crippen LogP contribution in [0.3, 0.4) is 0 Å². The zero-order chi connectivity index (χ0) is 12.3. The van der Waals surface area contributed by atoms with Crippen LogP contribution in [0.5, 0.6) is 0 Å². The number of hydrogen-bond acceptors (Lipinski definition) is 3. The number of aliphatic hydroxyl groups excluding tert-OH is 1. The highest BCUT2D eigenvalue weighted by Gasteiger charge is 2.23. The van der Waals surface area contributed by atoms with Gasteiger partial charge in [-0.15, -0.1) is 0 Å². The summed E-state index contributed by atoms with van der Waals surface area (Å²) in [6.45, 7) is 2.10. The Kier molecular flexibility index (Phi) is 3.88. The van der Waals surface area contributed by atoms with Crippen LogP contribution < -0.4 is 4.90 Å². The number of nitrogens with zero attached hydrogens (tertiary/aromatic N) is 2. The quantitative estimate of drug-likeness (QED) is 0.896. The first kappa shape index (κ1) is 12.2. The summed E-state index contributed by atoms with van der Waals surface area (Å²) >= 11 is 5.88. The normalized spacial score (nSPS) is 19.4. The molecule has 17 heavy (non-hydrogen) atoms. The van der Waals surface area contributed by atoms with Gasteiger partial charge in [0.2, 0.25) is 0 Å². The maximum atomic E-state index is 9.10. The molecule has 1 aliphatic heterocycles. The fourth-order valence-corrected chi connectivity index (χ4v) is 2.52. The van der Waals surface area contributed by atoms with Crippen molar-refractivity contribution in [2.24, 2.45) is 5.92 Å². The first-order valence-corrected chi connectivity index (χ1v) is 6.18. The molecule has 4 heteroatoms. The molecule has 90 valence electrons. The summed E-state index contributed by atoms with van der Waals surface area (Å²) in [4.78, 5) is 2.20. The monoisotopic (exact) mass is 250 g/mol. The Bertz CT molecular complexity index is 442. The molecule has 1 atom stereocenters. The predicted molar refractivity (Wildman–Crippen MR) is 68.2 cm³/mol. The van der Waals surface area contributed by atoms with Crippen molar-refractivity contribution < 1.29 is 5.11 Å². The van der Waals surface area contributed by atoms with Crippen LogP contribution >= 0.6 is 11.6 Å². The minimum atomic E-state index is 0.240. The zero-order valence-electron chi connectivity index (χ0n) is 9.56. The largest absolute Gasteiger partial charge is 0.396 e. The van der Waals surface area contributed by atoms with Gasteiger partial charge in [-0.05, 0) is 37.0 Å². The molecular formula is C13H15ClN2O. The Morgan fingerprint density at radius 2 is 2.35 bits per heavy atom.